The summed E-state index contributed by atoms with van der Waals surface area (Å²) in [5, 5.41) is 0. The minimum atomic E-state index is -0.230. The first-order chi connectivity index (χ1) is 8.70. The van der Waals surface area contributed by atoms with Crippen molar-refractivity contribution in [2.75, 3.05) is 0 Å². The van der Waals surface area contributed by atoms with Gasteiger partial charge in [0.15, 0.2) is 0 Å². The number of nitrogens with one attached hydrogen (secondary N) is 1. The molecular weight excluding hydrogens is 229 g/mol. The van der Waals surface area contributed by atoms with E-state index < -0.39 is 0 Å². The summed E-state index contributed by atoms with van der Waals surface area (Å²) >= 11 is 0. The summed E-state index contributed by atoms with van der Waals surface area (Å²) < 4.78 is 13.1. The fraction of sp³-hybridized carbons (Fsp3) is 0.214. The number of aryl methyl sites for hydroxylation is 1. The number of hydrogen-bond acceptors (Lipinski definition) is 3. The Kier molecular flexibility index (Phi) is 4.02. The number of nitrogens with two attached hydrogens (primary N) is 1. The second kappa shape index (κ2) is 5.71. The lowest BCUT2D eigenvalue weighted by molar-refractivity contribution is 0.544. The number of aromatic nitrogens is 1. The van der Waals surface area contributed by atoms with Gasteiger partial charge in [0, 0.05) is 11.9 Å². The highest BCUT2D eigenvalue weighted by Gasteiger charge is 2.13. The number of nitrogens with zero attached hydrogens (tertiary/aromatic N) is 1. The van der Waals surface area contributed by atoms with E-state index in [0.717, 1.165) is 16.8 Å². The number of hydrazine groups is 1. The zero-order chi connectivity index (χ0) is 13.0. The second-order valence-corrected chi connectivity index (χ2v) is 4.23. The minimum Gasteiger partial charge on any atom is -0.271 e. The van der Waals surface area contributed by atoms with E-state index >= 15 is 0 Å². The summed E-state index contributed by atoms with van der Waals surface area (Å²) in [7, 11) is 0. The molecule has 0 aliphatic rings. The van der Waals surface area contributed by atoms with Crippen LogP contribution in [0, 0.1) is 12.7 Å². The van der Waals surface area contributed by atoms with Crippen LogP contribution in [0.4, 0.5) is 4.39 Å². The first kappa shape index (κ1) is 12.7. The van der Waals surface area contributed by atoms with Gasteiger partial charge < -0.3 is 0 Å². The lowest BCUT2D eigenvalue weighted by Gasteiger charge is -2.18. The van der Waals surface area contributed by atoms with E-state index in [2.05, 4.69) is 10.4 Å². The molecule has 0 aliphatic carbocycles. The number of hydrogen-bond donors (Lipinski definition) is 2. The Morgan fingerprint density at radius 3 is 2.83 bits per heavy atom. The zero-order valence-electron chi connectivity index (χ0n) is 10.2. The van der Waals surface area contributed by atoms with E-state index in [0.29, 0.717) is 6.42 Å². The molecule has 94 valence electrons. The quantitative estimate of drug-likeness (QED) is 0.642. The van der Waals surface area contributed by atoms with Gasteiger partial charge in [-0.15, -0.1) is 0 Å². The summed E-state index contributed by atoms with van der Waals surface area (Å²) in [6.45, 7) is 1.94. The molecule has 0 amide bonds. The molecule has 0 fully saturated rings. The van der Waals surface area contributed by atoms with Gasteiger partial charge >= 0.3 is 0 Å². The van der Waals surface area contributed by atoms with Crippen LogP contribution in [0.1, 0.15) is 22.9 Å². The molecule has 1 aromatic heterocycles. The molecule has 2 aromatic rings. The van der Waals surface area contributed by atoms with E-state index in [-0.39, 0.29) is 11.9 Å². The van der Waals surface area contributed by atoms with E-state index in [1.807, 2.05) is 25.1 Å². The fourth-order valence-corrected chi connectivity index (χ4v) is 2.02. The third-order valence-electron chi connectivity index (χ3n) is 2.95. The highest BCUT2D eigenvalue weighted by Crippen LogP contribution is 2.20. The highest BCUT2D eigenvalue weighted by atomic mass is 19.1. The van der Waals surface area contributed by atoms with Crippen molar-refractivity contribution in [1.29, 1.82) is 0 Å². The highest BCUT2D eigenvalue weighted by molar-refractivity contribution is 5.26. The molecule has 0 saturated heterocycles. The topological polar surface area (TPSA) is 50.9 Å². The Bertz CT molecular complexity index is 528. The number of benzene rings is 1. The van der Waals surface area contributed by atoms with Crippen molar-refractivity contribution in [3.8, 4) is 0 Å². The van der Waals surface area contributed by atoms with Gasteiger partial charge in [0.1, 0.15) is 5.82 Å². The predicted molar refractivity (Wildman–Crippen MR) is 69.1 cm³/mol. The average Bonchev–Trinajstić information content (AvgIpc) is 2.37. The van der Waals surface area contributed by atoms with Crippen molar-refractivity contribution < 1.29 is 4.39 Å². The molecular formula is C14H16FN3. The Labute approximate surface area is 106 Å². The molecule has 0 bridgehead atoms. The largest absolute Gasteiger partial charge is 0.271 e. The van der Waals surface area contributed by atoms with Crippen molar-refractivity contribution in [1.82, 2.24) is 10.4 Å². The molecule has 0 aliphatic heterocycles. The second-order valence-electron chi connectivity index (χ2n) is 4.23. The Morgan fingerprint density at radius 1 is 1.33 bits per heavy atom. The Morgan fingerprint density at radius 2 is 2.17 bits per heavy atom. The maximum Gasteiger partial charge on any atom is 0.123 e. The lowest BCUT2D eigenvalue weighted by Crippen LogP contribution is -2.30. The summed E-state index contributed by atoms with van der Waals surface area (Å²) in [6, 6.07) is 10.3. The van der Waals surface area contributed by atoms with Crippen LogP contribution in [0.3, 0.4) is 0 Å². The van der Waals surface area contributed by atoms with Crippen LogP contribution in [0.25, 0.3) is 0 Å². The molecule has 18 heavy (non-hydrogen) atoms. The molecule has 0 spiro atoms. The summed E-state index contributed by atoms with van der Waals surface area (Å²) in [5.41, 5.74) is 5.63. The maximum atomic E-state index is 13.1. The number of pyridine rings is 1. The van der Waals surface area contributed by atoms with Gasteiger partial charge in [-0.25, -0.2) is 4.39 Å². The standard InChI is InChI=1S/C14H16FN3/c1-10-13(6-3-7-17-10)14(18-16)9-11-4-2-5-12(15)8-11/h2-8,14,18H,9,16H2,1H3. The van der Waals surface area contributed by atoms with Gasteiger partial charge in [0.05, 0.1) is 6.04 Å². The van der Waals surface area contributed by atoms with Crippen LogP contribution in [0.15, 0.2) is 42.6 Å². The number of halogens is 1. The van der Waals surface area contributed by atoms with Crippen molar-refractivity contribution in [2.45, 2.75) is 19.4 Å². The molecule has 1 heterocycles. The monoisotopic (exact) mass is 245 g/mol. The van der Waals surface area contributed by atoms with Crippen LogP contribution in [-0.2, 0) is 6.42 Å². The molecule has 4 heteroatoms. The van der Waals surface area contributed by atoms with Crippen LogP contribution in [0.5, 0.6) is 0 Å². The van der Waals surface area contributed by atoms with Gasteiger partial charge in [0.25, 0.3) is 0 Å². The van der Waals surface area contributed by atoms with E-state index in [1.165, 1.54) is 12.1 Å². The molecule has 1 aromatic carbocycles. The van der Waals surface area contributed by atoms with Crippen LogP contribution < -0.4 is 11.3 Å². The molecule has 3 nitrogen and oxygen atoms in total. The van der Waals surface area contributed by atoms with Crippen molar-refractivity contribution in [3.05, 3.63) is 65.2 Å². The third kappa shape index (κ3) is 2.91. The minimum absolute atomic E-state index is 0.0690. The van der Waals surface area contributed by atoms with Gasteiger partial charge in [-0.2, -0.15) is 0 Å². The SMILES string of the molecule is Cc1ncccc1C(Cc1cccc(F)c1)NN. The molecule has 0 radical (unpaired) electrons. The van der Waals surface area contributed by atoms with Gasteiger partial charge in [-0.05, 0) is 42.7 Å². The fourth-order valence-electron chi connectivity index (χ4n) is 2.02. The predicted octanol–water partition coefficient (Wildman–Crippen LogP) is 2.28. The van der Waals surface area contributed by atoms with Gasteiger partial charge in [-0.3, -0.25) is 16.3 Å². The van der Waals surface area contributed by atoms with E-state index in [4.69, 9.17) is 5.84 Å². The van der Waals surface area contributed by atoms with E-state index in [1.54, 1.807) is 12.3 Å². The van der Waals surface area contributed by atoms with Crippen LogP contribution >= 0.6 is 0 Å². The Balaban J connectivity index is 2.23. The van der Waals surface area contributed by atoms with Gasteiger partial charge in [-0.1, -0.05) is 18.2 Å². The van der Waals surface area contributed by atoms with Crippen molar-refractivity contribution in [2.24, 2.45) is 5.84 Å². The first-order valence-corrected chi connectivity index (χ1v) is 5.83. The molecule has 1 atom stereocenters. The van der Waals surface area contributed by atoms with Crippen LogP contribution in [0.2, 0.25) is 0 Å². The van der Waals surface area contributed by atoms with Gasteiger partial charge in [0.2, 0.25) is 0 Å². The van der Waals surface area contributed by atoms with E-state index in [9.17, 15) is 4.39 Å². The third-order valence-corrected chi connectivity index (χ3v) is 2.95. The molecule has 0 saturated carbocycles. The van der Waals surface area contributed by atoms with Crippen molar-refractivity contribution >= 4 is 0 Å². The summed E-state index contributed by atoms with van der Waals surface area (Å²) in [4.78, 5) is 4.24. The zero-order valence-corrected chi connectivity index (χ0v) is 10.2. The molecule has 1 unspecified atom stereocenters. The first-order valence-electron chi connectivity index (χ1n) is 5.83. The van der Waals surface area contributed by atoms with Crippen LogP contribution in [-0.4, -0.2) is 4.98 Å². The molecule has 3 N–H and O–H groups in total. The summed E-state index contributed by atoms with van der Waals surface area (Å²) in [5.74, 6) is 5.36. The Hall–Kier alpha value is -1.78. The molecule has 2 rings (SSSR count). The normalized spacial score (nSPS) is 12.4. The maximum absolute atomic E-state index is 13.1. The summed E-state index contributed by atoms with van der Waals surface area (Å²) in [6.07, 6.45) is 2.37. The average molecular weight is 245 g/mol. The van der Waals surface area contributed by atoms with Crippen molar-refractivity contribution in [3.63, 3.8) is 0 Å². The number of rotatable bonds is 4. The smallest absolute Gasteiger partial charge is 0.123 e. The lowest BCUT2D eigenvalue weighted by atomic mass is 9.98.